The molecular formula is C22H35N3O2S. The Balaban J connectivity index is 2.16. The molecular weight excluding hydrogens is 370 g/mol. The van der Waals surface area contributed by atoms with Crippen LogP contribution in [0.2, 0.25) is 0 Å². The molecule has 0 aromatic heterocycles. The first-order valence-corrected chi connectivity index (χ1v) is 11.1. The molecule has 1 aromatic carbocycles. The highest BCUT2D eigenvalue weighted by molar-refractivity contribution is 8.01. The van der Waals surface area contributed by atoms with Crippen LogP contribution in [-0.2, 0) is 10.2 Å². The van der Waals surface area contributed by atoms with Crippen LogP contribution in [0.1, 0.15) is 65.0 Å². The normalized spacial score (nSPS) is 20.0. The fraction of sp³-hybridized carbons (Fsp3) is 0.636. The third-order valence-corrected chi connectivity index (χ3v) is 6.50. The van der Waals surface area contributed by atoms with Gasteiger partial charge in [0.2, 0.25) is 5.91 Å². The summed E-state index contributed by atoms with van der Waals surface area (Å²) in [6.45, 7) is 16.1. The number of hydrogen-bond donors (Lipinski definition) is 1. The Kier molecular flexibility index (Phi) is 7.43. The summed E-state index contributed by atoms with van der Waals surface area (Å²) >= 11 is 1.68. The quantitative estimate of drug-likeness (QED) is 0.764. The molecule has 0 bridgehead atoms. The Morgan fingerprint density at radius 1 is 1.25 bits per heavy atom. The highest BCUT2D eigenvalue weighted by atomic mass is 32.2. The van der Waals surface area contributed by atoms with E-state index in [1.807, 2.05) is 32.6 Å². The molecule has 156 valence electrons. The van der Waals surface area contributed by atoms with Crippen molar-refractivity contribution in [2.45, 2.75) is 70.5 Å². The topological polar surface area (TPSA) is 52.7 Å². The molecule has 1 aliphatic rings. The summed E-state index contributed by atoms with van der Waals surface area (Å²) in [5, 5.41) is 2.80. The van der Waals surface area contributed by atoms with Crippen molar-refractivity contribution in [3.05, 3.63) is 35.4 Å². The highest BCUT2D eigenvalue weighted by Crippen LogP contribution is 2.43. The molecule has 1 aliphatic heterocycles. The number of rotatable bonds is 6. The maximum absolute atomic E-state index is 12.8. The lowest BCUT2D eigenvalue weighted by atomic mass is 9.86. The van der Waals surface area contributed by atoms with Crippen LogP contribution in [0, 0.1) is 0 Å². The zero-order valence-corrected chi connectivity index (χ0v) is 19.1. The number of thioether (sulfide) groups is 1. The molecule has 1 saturated heterocycles. The maximum atomic E-state index is 12.8. The molecule has 1 heterocycles. The summed E-state index contributed by atoms with van der Waals surface area (Å²) < 4.78 is 0. The molecule has 3 amide bonds. The Hall–Kier alpha value is -1.69. The van der Waals surface area contributed by atoms with Crippen molar-refractivity contribution in [2.24, 2.45) is 0 Å². The summed E-state index contributed by atoms with van der Waals surface area (Å²) in [6.07, 6.45) is 0. The maximum Gasteiger partial charge on any atom is 0.317 e. The molecule has 0 aliphatic carbocycles. The molecule has 0 spiro atoms. The number of amides is 3. The first-order valence-electron chi connectivity index (χ1n) is 10.2. The Morgan fingerprint density at radius 3 is 2.36 bits per heavy atom. The van der Waals surface area contributed by atoms with E-state index in [-0.39, 0.29) is 34.0 Å². The average Bonchev–Trinajstić information content (AvgIpc) is 2.89. The monoisotopic (exact) mass is 405 g/mol. The van der Waals surface area contributed by atoms with Gasteiger partial charge in [0.15, 0.2) is 0 Å². The van der Waals surface area contributed by atoms with Gasteiger partial charge in [-0.25, -0.2) is 4.79 Å². The van der Waals surface area contributed by atoms with E-state index < -0.39 is 0 Å². The van der Waals surface area contributed by atoms with Crippen LogP contribution in [0.5, 0.6) is 0 Å². The van der Waals surface area contributed by atoms with Gasteiger partial charge in [0.05, 0.1) is 5.25 Å². The smallest absolute Gasteiger partial charge is 0.317 e. The fourth-order valence-corrected chi connectivity index (χ4v) is 4.68. The van der Waals surface area contributed by atoms with Gasteiger partial charge < -0.3 is 15.1 Å². The van der Waals surface area contributed by atoms with Crippen LogP contribution < -0.4 is 5.32 Å². The summed E-state index contributed by atoms with van der Waals surface area (Å²) in [5.41, 5.74) is 2.53. The van der Waals surface area contributed by atoms with Gasteiger partial charge in [-0.3, -0.25) is 4.79 Å². The van der Waals surface area contributed by atoms with Crippen LogP contribution in [-0.4, -0.2) is 52.7 Å². The number of nitrogens with one attached hydrogen (secondary N) is 1. The summed E-state index contributed by atoms with van der Waals surface area (Å²) in [5.74, 6) is 0.148. The number of urea groups is 1. The molecule has 1 aromatic rings. The number of benzene rings is 1. The zero-order chi connectivity index (χ0) is 21.1. The summed E-state index contributed by atoms with van der Waals surface area (Å²) in [6, 6.07) is 8.61. The van der Waals surface area contributed by atoms with Crippen molar-refractivity contribution in [3.63, 3.8) is 0 Å². The molecule has 2 atom stereocenters. The van der Waals surface area contributed by atoms with Gasteiger partial charge in [-0.1, -0.05) is 45.0 Å². The number of hydrogen-bond acceptors (Lipinski definition) is 3. The first kappa shape index (κ1) is 22.6. The van der Waals surface area contributed by atoms with Gasteiger partial charge in [0.1, 0.15) is 5.37 Å². The Bertz CT molecular complexity index is 682. The summed E-state index contributed by atoms with van der Waals surface area (Å²) in [7, 11) is 0. The number of carbonyl (C=O) groups excluding carboxylic acids is 2. The lowest BCUT2D eigenvalue weighted by molar-refractivity contribution is -0.130. The predicted molar refractivity (Wildman–Crippen MR) is 118 cm³/mol. The van der Waals surface area contributed by atoms with Crippen LogP contribution in [0.3, 0.4) is 0 Å². The molecule has 0 saturated carbocycles. The Labute approximate surface area is 174 Å². The molecule has 1 fully saturated rings. The van der Waals surface area contributed by atoms with Gasteiger partial charge in [-0.2, -0.15) is 0 Å². The molecule has 1 N–H and O–H groups in total. The van der Waals surface area contributed by atoms with Crippen LogP contribution >= 0.6 is 11.8 Å². The third kappa shape index (κ3) is 5.22. The van der Waals surface area contributed by atoms with Gasteiger partial charge in [-0.05, 0) is 44.2 Å². The third-order valence-electron chi connectivity index (χ3n) is 5.10. The van der Waals surface area contributed by atoms with Gasteiger partial charge >= 0.3 is 6.03 Å². The average molecular weight is 406 g/mol. The summed E-state index contributed by atoms with van der Waals surface area (Å²) in [4.78, 5) is 28.8. The predicted octanol–water partition coefficient (Wildman–Crippen LogP) is 4.39. The second-order valence-electron chi connectivity index (χ2n) is 8.66. The van der Waals surface area contributed by atoms with E-state index >= 15 is 0 Å². The van der Waals surface area contributed by atoms with E-state index in [2.05, 4.69) is 50.4 Å². The van der Waals surface area contributed by atoms with E-state index in [4.69, 9.17) is 0 Å². The minimum Gasteiger partial charge on any atom is -0.338 e. The van der Waals surface area contributed by atoms with Crippen LogP contribution in [0.25, 0.3) is 0 Å². The van der Waals surface area contributed by atoms with Crippen molar-refractivity contribution in [1.29, 1.82) is 0 Å². The zero-order valence-electron chi connectivity index (χ0n) is 18.3. The van der Waals surface area contributed by atoms with Crippen LogP contribution in [0.15, 0.2) is 24.3 Å². The highest BCUT2D eigenvalue weighted by Gasteiger charge is 2.38. The molecule has 6 heteroatoms. The van der Waals surface area contributed by atoms with E-state index in [1.54, 1.807) is 16.7 Å². The lowest BCUT2D eigenvalue weighted by Gasteiger charge is -2.31. The van der Waals surface area contributed by atoms with Gasteiger partial charge in [0.25, 0.3) is 0 Å². The van der Waals surface area contributed by atoms with E-state index in [9.17, 15) is 9.59 Å². The largest absolute Gasteiger partial charge is 0.338 e. The fourth-order valence-electron chi connectivity index (χ4n) is 3.37. The van der Waals surface area contributed by atoms with E-state index in [0.29, 0.717) is 19.6 Å². The van der Waals surface area contributed by atoms with Gasteiger partial charge in [-0.15, -0.1) is 11.8 Å². The van der Waals surface area contributed by atoms with E-state index in [1.165, 1.54) is 5.56 Å². The molecule has 2 rings (SSSR count). The molecule has 28 heavy (non-hydrogen) atoms. The lowest BCUT2D eigenvalue weighted by Crippen LogP contribution is -2.48. The van der Waals surface area contributed by atoms with Crippen LogP contribution in [0.4, 0.5) is 4.79 Å². The van der Waals surface area contributed by atoms with Crippen molar-refractivity contribution in [3.8, 4) is 0 Å². The number of carbonyl (C=O) groups is 2. The standard InChI is InChI=1S/C22H35N3O2S/c1-8-23-21(27)24(15(2)3)13-14-25-19(26)16(4)28-20(25)17-9-11-18(12-10-17)22(5,6)7/h9-12,15-16,20H,8,13-14H2,1-7H3,(H,23,27)/t16-,20+/m0/s1. The minimum atomic E-state index is -0.0732. The second-order valence-corrected chi connectivity index (χ2v) is 10.1. The molecule has 0 radical (unpaired) electrons. The SMILES string of the molecule is CCNC(=O)N(CCN1C(=O)[C@H](C)S[C@@H]1c1ccc(C(C)(C)C)cc1)C(C)C. The molecule has 0 unspecified atom stereocenters. The second kappa shape index (κ2) is 9.21. The van der Waals surface area contributed by atoms with Crippen molar-refractivity contribution in [1.82, 2.24) is 15.1 Å². The van der Waals surface area contributed by atoms with Crippen molar-refractivity contribution < 1.29 is 9.59 Å². The number of nitrogens with zero attached hydrogens (tertiary/aromatic N) is 2. The van der Waals surface area contributed by atoms with Crippen molar-refractivity contribution >= 4 is 23.7 Å². The van der Waals surface area contributed by atoms with Crippen molar-refractivity contribution in [2.75, 3.05) is 19.6 Å². The first-order chi connectivity index (χ1) is 13.1. The van der Waals surface area contributed by atoms with Gasteiger partial charge in [0, 0.05) is 25.7 Å². The van der Waals surface area contributed by atoms with E-state index in [0.717, 1.165) is 5.56 Å². The Morgan fingerprint density at radius 2 is 1.86 bits per heavy atom. The minimum absolute atomic E-state index is 0.000216. The molecule has 5 nitrogen and oxygen atoms in total.